The second-order valence-corrected chi connectivity index (χ2v) is 5.90. The topological polar surface area (TPSA) is 21.3 Å². The van der Waals surface area contributed by atoms with Crippen molar-refractivity contribution in [3.63, 3.8) is 0 Å². The maximum atomic E-state index is 14.1. The van der Waals surface area contributed by atoms with E-state index in [0.29, 0.717) is 18.3 Å². The smallest absolute Gasteiger partial charge is 0.166 e. The van der Waals surface area contributed by atoms with E-state index in [0.717, 1.165) is 10.5 Å². The van der Waals surface area contributed by atoms with E-state index in [4.69, 9.17) is 4.74 Å². The Morgan fingerprint density at radius 2 is 1.90 bits per heavy atom. The molecule has 2 nitrogen and oxygen atoms in total. The normalized spacial score (nSPS) is 10.9. The van der Waals surface area contributed by atoms with Gasteiger partial charge in [0, 0.05) is 17.5 Å². The van der Waals surface area contributed by atoms with Crippen LogP contribution < -0.4 is 10.1 Å². The van der Waals surface area contributed by atoms with Crippen molar-refractivity contribution in [1.82, 2.24) is 5.32 Å². The molecule has 2 aromatic rings. The minimum Gasteiger partial charge on any atom is -0.453 e. The Morgan fingerprint density at radius 3 is 2.57 bits per heavy atom. The van der Waals surface area contributed by atoms with E-state index in [2.05, 4.69) is 19.2 Å². The summed E-state index contributed by atoms with van der Waals surface area (Å²) >= 11 is 1.58. The summed E-state index contributed by atoms with van der Waals surface area (Å²) in [4.78, 5) is 0.988. The fourth-order valence-electron chi connectivity index (χ4n) is 1.88. The lowest BCUT2D eigenvalue weighted by Crippen LogP contribution is -2.21. The third-order valence-corrected chi connectivity index (χ3v) is 3.78. The van der Waals surface area contributed by atoms with Crippen molar-refractivity contribution in [2.75, 3.05) is 6.26 Å². The van der Waals surface area contributed by atoms with Crippen molar-refractivity contribution in [3.05, 3.63) is 53.8 Å². The average molecular weight is 305 g/mol. The van der Waals surface area contributed by atoms with Crippen LogP contribution in [0.1, 0.15) is 19.4 Å². The lowest BCUT2D eigenvalue weighted by atomic mass is 10.2. The third-order valence-electron chi connectivity index (χ3n) is 3.00. The maximum absolute atomic E-state index is 14.1. The Hall–Kier alpha value is -1.52. The highest BCUT2D eigenvalue weighted by molar-refractivity contribution is 7.98. The van der Waals surface area contributed by atoms with Crippen molar-refractivity contribution in [3.8, 4) is 11.5 Å². The van der Waals surface area contributed by atoms with E-state index in [1.807, 2.05) is 36.6 Å². The lowest BCUT2D eigenvalue weighted by molar-refractivity contribution is 0.432. The quantitative estimate of drug-likeness (QED) is 0.772. The van der Waals surface area contributed by atoms with Crippen molar-refractivity contribution < 1.29 is 9.13 Å². The predicted molar refractivity (Wildman–Crippen MR) is 86.7 cm³/mol. The van der Waals surface area contributed by atoms with Gasteiger partial charge in [-0.2, -0.15) is 0 Å². The molecule has 2 aromatic carbocycles. The molecule has 0 amide bonds. The number of rotatable bonds is 6. The van der Waals surface area contributed by atoms with Gasteiger partial charge in [-0.1, -0.05) is 32.0 Å². The molecule has 21 heavy (non-hydrogen) atoms. The number of benzene rings is 2. The zero-order chi connectivity index (χ0) is 15.2. The molecule has 0 aromatic heterocycles. The molecule has 0 bridgehead atoms. The summed E-state index contributed by atoms with van der Waals surface area (Å²) in [6.45, 7) is 4.77. The van der Waals surface area contributed by atoms with Crippen LogP contribution >= 0.6 is 11.8 Å². The zero-order valence-electron chi connectivity index (χ0n) is 12.5. The Morgan fingerprint density at radius 1 is 1.14 bits per heavy atom. The molecule has 0 heterocycles. The average Bonchev–Trinajstić information content (AvgIpc) is 2.48. The first-order valence-corrected chi connectivity index (χ1v) is 8.15. The highest BCUT2D eigenvalue weighted by Crippen LogP contribution is 2.32. The van der Waals surface area contributed by atoms with Gasteiger partial charge in [0.2, 0.25) is 0 Å². The zero-order valence-corrected chi connectivity index (χ0v) is 13.3. The van der Waals surface area contributed by atoms with Crippen LogP contribution in [0.4, 0.5) is 4.39 Å². The summed E-state index contributed by atoms with van der Waals surface area (Å²) in [7, 11) is 0. The number of ether oxygens (including phenoxy) is 1. The summed E-state index contributed by atoms with van der Waals surface area (Å²) in [5, 5.41) is 3.27. The van der Waals surface area contributed by atoms with Crippen LogP contribution in [-0.2, 0) is 6.54 Å². The van der Waals surface area contributed by atoms with Crippen LogP contribution in [0.25, 0.3) is 0 Å². The van der Waals surface area contributed by atoms with Gasteiger partial charge < -0.3 is 10.1 Å². The van der Waals surface area contributed by atoms with Crippen LogP contribution in [-0.4, -0.2) is 12.3 Å². The molecule has 0 spiro atoms. The van der Waals surface area contributed by atoms with Gasteiger partial charge in [-0.15, -0.1) is 11.8 Å². The van der Waals surface area contributed by atoms with Gasteiger partial charge >= 0.3 is 0 Å². The summed E-state index contributed by atoms with van der Waals surface area (Å²) in [5.41, 5.74) is 0.909. The van der Waals surface area contributed by atoms with E-state index in [9.17, 15) is 4.39 Å². The van der Waals surface area contributed by atoms with E-state index in [1.54, 1.807) is 17.8 Å². The number of hydrogen-bond donors (Lipinski definition) is 1. The van der Waals surface area contributed by atoms with Gasteiger partial charge in [0.1, 0.15) is 5.75 Å². The molecule has 1 N–H and O–H groups in total. The number of hydrogen-bond acceptors (Lipinski definition) is 3. The fourth-order valence-corrected chi connectivity index (χ4v) is 2.41. The van der Waals surface area contributed by atoms with Crippen LogP contribution in [0.3, 0.4) is 0 Å². The molecule has 0 unspecified atom stereocenters. The van der Waals surface area contributed by atoms with Crippen LogP contribution in [0.5, 0.6) is 11.5 Å². The Bertz CT molecular complexity index is 601. The number of thioether (sulfide) groups is 1. The first kappa shape index (κ1) is 15.9. The minimum atomic E-state index is -0.339. The molecular formula is C17H20FNOS. The summed E-state index contributed by atoms with van der Waals surface area (Å²) in [5.74, 6) is 0.593. The molecule has 4 heteroatoms. The van der Waals surface area contributed by atoms with Crippen molar-refractivity contribution in [1.29, 1.82) is 0 Å². The molecule has 112 valence electrons. The third kappa shape index (κ3) is 4.48. The molecule has 0 saturated carbocycles. The lowest BCUT2D eigenvalue weighted by Gasteiger charge is -2.12. The second-order valence-electron chi connectivity index (χ2n) is 5.05. The van der Waals surface area contributed by atoms with Crippen LogP contribution in [0, 0.1) is 5.82 Å². The minimum absolute atomic E-state index is 0.254. The number of nitrogens with one attached hydrogen (secondary N) is 1. The Balaban J connectivity index is 2.14. The highest BCUT2D eigenvalue weighted by atomic mass is 32.2. The molecule has 0 fully saturated rings. The number of halogens is 1. The van der Waals surface area contributed by atoms with Gasteiger partial charge in [-0.25, -0.2) is 4.39 Å². The highest BCUT2D eigenvalue weighted by Gasteiger charge is 2.09. The van der Waals surface area contributed by atoms with Crippen molar-refractivity contribution >= 4 is 11.8 Å². The molecule has 0 saturated heterocycles. The molecule has 2 rings (SSSR count). The monoisotopic (exact) mass is 305 g/mol. The molecule has 0 aliphatic heterocycles. The maximum Gasteiger partial charge on any atom is 0.166 e. The van der Waals surface area contributed by atoms with Gasteiger partial charge in [-0.3, -0.25) is 0 Å². The summed E-state index contributed by atoms with van der Waals surface area (Å²) < 4.78 is 19.8. The molecular weight excluding hydrogens is 285 g/mol. The van der Waals surface area contributed by atoms with Crippen molar-refractivity contribution in [2.45, 2.75) is 31.3 Å². The summed E-state index contributed by atoms with van der Waals surface area (Å²) in [6, 6.07) is 13.1. The SMILES string of the molecule is CSc1ccccc1Oc1ccc(CNC(C)C)cc1F. The molecule has 0 atom stereocenters. The first-order valence-electron chi connectivity index (χ1n) is 6.93. The second kappa shape index (κ2) is 7.48. The van der Waals surface area contributed by atoms with Crippen LogP contribution in [0.2, 0.25) is 0 Å². The fraction of sp³-hybridized carbons (Fsp3) is 0.294. The van der Waals surface area contributed by atoms with E-state index in [-0.39, 0.29) is 11.6 Å². The molecule has 0 radical (unpaired) electrons. The van der Waals surface area contributed by atoms with Gasteiger partial charge in [0.05, 0.1) is 0 Å². The van der Waals surface area contributed by atoms with Gasteiger partial charge in [0.15, 0.2) is 11.6 Å². The Labute approximate surface area is 129 Å². The largest absolute Gasteiger partial charge is 0.453 e. The van der Waals surface area contributed by atoms with Gasteiger partial charge in [-0.05, 0) is 36.1 Å². The summed E-state index contributed by atoms with van der Waals surface area (Å²) in [6.07, 6.45) is 1.97. The van der Waals surface area contributed by atoms with E-state index in [1.165, 1.54) is 6.07 Å². The number of para-hydroxylation sites is 1. The molecule has 0 aliphatic rings. The Kier molecular flexibility index (Phi) is 5.65. The van der Waals surface area contributed by atoms with E-state index >= 15 is 0 Å². The standard InChI is InChI=1S/C17H20FNOS/c1-12(2)19-11-13-8-9-15(14(18)10-13)20-16-6-4-5-7-17(16)21-3/h4-10,12,19H,11H2,1-3H3. The van der Waals surface area contributed by atoms with E-state index < -0.39 is 0 Å². The van der Waals surface area contributed by atoms with Gasteiger partial charge in [0.25, 0.3) is 0 Å². The van der Waals surface area contributed by atoms with Crippen molar-refractivity contribution in [2.24, 2.45) is 0 Å². The predicted octanol–water partition coefficient (Wildman–Crippen LogP) is 4.84. The molecule has 0 aliphatic carbocycles. The van der Waals surface area contributed by atoms with Crippen LogP contribution in [0.15, 0.2) is 47.4 Å². The first-order chi connectivity index (χ1) is 10.1.